The van der Waals surface area contributed by atoms with Gasteiger partial charge in [-0.2, -0.15) is 5.10 Å². The molecule has 4 heteroatoms. The fourth-order valence-electron chi connectivity index (χ4n) is 3.73. The molecule has 0 spiro atoms. The molecule has 4 rings (SSSR count). The molecule has 4 nitrogen and oxygen atoms in total. The van der Waals surface area contributed by atoms with Crippen LogP contribution in [-0.4, -0.2) is 23.3 Å². The van der Waals surface area contributed by atoms with Gasteiger partial charge in [0.05, 0.1) is 29.7 Å². The number of anilines is 1. The Morgan fingerprint density at radius 1 is 1.23 bits per heavy atom. The minimum atomic E-state index is 0.831. The number of benzene rings is 1. The number of hydrogen-bond donors (Lipinski definition) is 1. The van der Waals surface area contributed by atoms with Crippen molar-refractivity contribution < 1.29 is 4.74 Å². The van der Waals surface area contributed by atoms with E-state index in [9.17, 15) is 0 Å². The molecule has 0 atom stereocenters. The number of nitrogens with zero attached hydrogens (tertiary/aromatic N) is 2. The molecule has 1 saturated carbocycles. The molecule has 0 radical (unpaired) electrons. The summed E-state index contributed by atoms with van der Waals surface area (Å²) in [6, 6.07) is 10.7. The van der Waals surface area contributed by atoms with Crippen LogP contribution < -0.4 is 10.1 Å². The van der Waals surface area contributed by atoms with Gasteiger partial charge in [-0.15, -0.1) is 0 Å². The SMILES string of the molecule is CCc1nn2c(-c3c(C)cc(C)cc3OC)cccc2c1NCC1CC1. The van der Waals surface area contributed by atoms with Gasteiger partial charge in [-0.05, 0) is 68.4 Å². The van der Waals surface area contributed by atoms with E-state index >= 15 is 0 Å². The quantitative estimate of drug-likeness (QED) is 0.680. The maximum atomic E-state index is 5.70. The van der Waals surface area contributed by atoms with Gasteiger partial charge in [0.15, 0.2) is 0 Å². The zero-order chi connectivity index (χ0) is 18.3. The van der Waals surface area contributed by atoms with E-state index in [2.05, 4.69) is 60.9 Å². The Kier molecular flexibility index (Phi) is 4.35. The van der Waals surface area contributed by atoms with E-state index in [1.807, 2.05) is 0 Å². The van der Waals surface area contributed by atoms with Crippen molar-refractivity contribution in [2.45, 2.75) is 40.0 Å². The van der Waals surface area contributed by atoms with Crippen LogP contribution in [0.15, 0.2) is 30.3 Å². The summed E-state index contributed by atoms with van der Waals surface area (Å²) in [5.74, 6) is 1.73. The van der Waals surface area contributed by atoms with E-state index < -0.39 is 0 Å². The maximum absolute atomic E-state index is 5.70. The molecule has 0 aliphatic heterocycles. The first kappa shape index (κ1) is 17.0. The van der Waals surface area contributed by atoms with Crippen LogP contribution in [0, 0.1) is 19.8 Å². The number of methoxy groups -OCH3 is 1. The van der Waals surface area contributed by atoms with E-state index in [1.165, 1.54) is 29.7 Å². The van der Waals surface area contributed by atoms with E-state index in [0.717, 1.165) is 47.1 Å². The smallest absolute Gasteiger partial charge is 0.128 e. The van der Waals surface area contributed by atoms with Crippen LogP contribution in [0.1, 0.15) is 36.6 Å². The van der Waals surface area contributed by atoms with Crippen LogP contribution in [0.25, 0.3) is 16.8 Å². The predicted molar refractivity (Wildman–Crippen MR) is 107 cm³/mol. The topological polar surface area (TPSA) is 38.6 Å². The van der Waals surface area contributed by atoms with E-state index in [4.69, 9.17) is 9.84 Å². The summed E-state index contributed by atoms with van der Waals surface area (Å²) in [6.07, 6.45) is 3.61. The highest BCUT2D eigenvalue weighted by Gasteiger charge is 2.23. The number of ether oxygens (including phenoxy) is 1. The number of hydrogen-bond acceptors (Lipinski definition) is 3. The van der Waals surface area contributed by atoms with Crippen molar-refractivity contribution in [1.82, 2.24) is 9.61 Å². The third-order valence-electron chi connectivity index (χ3n) is 5.25. The van der Waals surface area contributed by atoms with E-state index in [1.54, 1.807) is 7.11 Å². The molecular weight excluding hydrogens is 322 g/mol. The fourth-order valence-corrected chi connectivity index (χ4v) is 3.73. The Labute approximate surface area is 155 Å². The summed E-state index contributed by atoms with van der Waals surface area (Å²) in [4.78, 5) is 0. The standard InChI is InChI=1S/C22H27N3O/c1-5-17-22(23-13-16-9-10-16)19-8-6-7-18(25(19)24-17)21-15(3)11-14(2)12-20(21)26-4/h6-8,11-12,16,23H,5,9-10,13H2,1-4H3. The molecule has 2 aromatic heterocycles. The minimum absolute atomic E-state index is 0.831. The lowest BCUT2D eigenvalue weighted by molar-refractivity contribution is 0.415. The number of rotatable bonds is 6. The van der Waals surface area contributed by atoms with E-state index in [0.29, 0.717) is 0 Å². The lowest BCUT2D eigenvalue weighted by atomic mass is 10.0. The van der Waals surface area contributed by atoms with Gasteiger partial charge in [0.25, 0.3) is 0 Å². The minimum Gasteiger partial charge on any atom is -0.496 e. The first-order valence-electron chi connectivity index (χ1n) is 9.52. The molecule has 1 aliphatic rings. The molecule has 2 heterocycles. The molecule has 26 heavy (non-hydrogen) atoms. The summed E-state index contributed by atoms with van der Waals surface area (Å²) in [6.45, 7) is 7.45. The zero-order valence-electron chi connectivity index (χ0n) is 16.1. The third kappa shape index (κ3) is 2.94. The van der Waals surface area contributed by atoms with Gasteiger partial charge in [0, 0.05) is 12.1 Å². The summed E-state index contributed by atoms with van der Waals surface area (Å²) in [5, 5.41) is 8.61. The van der Waals surface area contributed by atoms with Gasteiger partial charge >= 0.3 is 0 Å². The highest BCUT2D eigenvalue weighted by molar-refractivity contribution is 5.80. The molecular formula is C22H27N3O. The second-order valence-corrected chi connectivity index (χ2v) is 7.37. The average Bonchev–Trinajstić information content (AvgIpc) is 3.38. The monoisotopic (exact) mass is 349 g/mol. The first-order valence-corrected chi connectivity index (χ1v) is 9.52. The van der Waals surface area contributed by atoms with Crippen molar-refractivity contribution >= 4 is 11.2 Å². The van der Waals surface area contributed by atoms with Crippen molar-refractivity contribution in [3.63, 3.8) is 0 Å². The summed E-state index contributed by atoms with van der Waals surface area (Å²) < 4.78 is 7.78. The lowest BCUT2D eigenvalue weighted by Crippen LogP contribution is -2.04. The van der Waals surface area contributed by atoms with Gasteiger partial charge in [-0.3, -0.25) is 0 Å². The molecule has 0 unspecified atom stereocenters. The Bertz CT molecular complexity index is 954. The normalized spacial score (nSPS) is 14.0. The fraction of sp³-hybridized carbons (Fsp3) is 0.409. The second-order valence-electron chi connectivity index (χ2n) is 7.37. The first-order chi connectivity index (χ1) is 12.6. The van der Waals surface area contributed by atoms with Crippen LogP contribution in [0.3, 0.4) is 0 Å². The Hall–Kier alpha value is -2.49. The number of aryl methyl sites for hydroxylation is 3. The van der Waals surface area contributed by atoms with Crippen LogP contribution in [-0.2, 0) is 6.42 Å². The van der Waals surface area contributed by atoms with Crippen molar-refractivity contribution in [3.05, 3.63) is 47.2 Å². The molecule has 3 aromatic rings. The van der Waals surface area contributed by atoms with Crippen molar-refractivity contribution in [3.8, 4) is 17.0 Å². The lowest BCUT2D eigenvalue weighted by Gasteiger charge is -2.14. The van der Waals surface area contributed by atoms with Crippen LogP contribution in [0.4, 0.5) is 5.69 Å². The molecule has 0 bridgehead atoms. The summed E-state index contributed by atoms with van der Waals surface area (Å²) in [7, 11) is 1.74. The number of nitrogens with one attached hydrogen (secondary N) is 1. The van der Waals surface area contributed by atoms with Crippen LogP contribution in [0.5, 0.6) is 5.75 Å². The summed E-state index contributed by atoms with van der Waals surface area (Å²) in [5.41, 5.74) is 8.05. The van der Waals surface area contributed by atoms with Gasteiger partial charge in [0.2, 0.25) is 0 Å². The Balaban J connectivity index is 1.89. The van der Waals surface area contributed by atoms with Crippen LogP contribution >= 0.6 is 0 Å². The highest BCUT2D eigenvalue weighted by atomic mass is 16.5. The van der Waals surface area contributed by atoms with Gasteiger partial charge in [0.1, 0.15) is 5.75 Å². The number of pyridine rings is 1. The van der Waals surface area contributed by atoms with E-state index in [-0.39, 0.29) is 0 Å². The Morgan fingerprint density at radius 3 is 2.73 bits per heavy atom. The van der Waals surface area contributed by atoms with Gasteiger partial charge in [-0.25, -0.2) is 4.52 Å². The average molecular weight is 349 g/mol. The highest BCUT2D eigenvalue weighted by Crippen LogP contribution is 2.37. The zero-order valence-corrected chi connectivity index (χ0v) is 16.1. The van der Waals surface area contributed by atoms with Crippen molar-refractivity contribution in [2.75, 3.05) is 19.0 Å². The molecule has 1 N–H and O–H groups in total. The molecule has 1 aliphatic carbocycles. The maximum Gasteiger partial charge on any atom is 0.128 e. The molecule has 136 valence electrons. The second kappa shape index (κ2) is 6.67. The molecule has 1 aromatic carbocycles. The number of aromatic nitrogens is 2. The van der Waals surface area contributed by atoms with Gasteiger partial charge in [-0.1, -0.05) is 19.1 Å². The third-order valence-corrected chi connectivity index (χ3v) is 5.25. The predicted octanol–water partition coefficient (Wildman–Crippen LogP) is 5.01. The molecule has 0 saturated heterocycles. The van der Waals surface area contributed by atoms with Crippen molar-refractivity contribution in [1.29, 1.82) is 0 Å². The summed E-state index contributed by atoms with van der Waals surface area (Å²) >= 11 is 0. The van der Waals surface area contributed by atoms with Crippen LogP contribution in [0.2, 0.25) is 0 Å². The van der Waals surface area contributed by atoms with Crippen molar-refractivity contribution in [2.24, 2.45) is 5.92 Å². The van der Waals surface area contributed by atoms with Gasteiger partial charge < -0.3 is 10.1 Å². The largest absolute Gasteiger partial charge is 0.496 e. The number of fused-ring (bicyclic) bond motifs is 1. The molecule has 1 fully saturated rings. The Morgan fingerprint density at radius 2 is 2.04 bits per heavy atom. The molecule has 0 amide bonds.